The topological polar surface area (TPSA) is 105 Å². The van der Waals surface area contributed by atoms with Crippen LogP contribution in [0.1, 0.15) is 43.9 Å². The van der Waals surface area contributed by atoms with E-state index in [1.807, 2.05) is 58.9 Å². The molecule has 0 fully saturated rings. The van der Waals surface area contributed by atoms with Gasteiger partial charge in [-0.05, 0) is 56.0 Å². The zero-order valence-corrected chi connectivity index (χ0v) is 26.9. The van der Waals surface area contributed by atoms with Crippen LogP contribution < -0.4 is 19.1 Å². The number of aryl methyl sites for hydroxylation is 2. The van der Waals surface area contributed by atoms with Crippen LogP contribution in [0.3, 0.4) is 0 Å². The van der Waals surface area contributed by atoms with Crippen LogP contribution in [0, 0.1) is 19.8 Å². The van der Waals surface area contributed by atoms with Crippen molar-refractivity contribution in [3.8, 4) is 11.5 Å². The van der Waals surface area contributed by atoms with E-state index >= 15 is 0 Å². The summed E-state index contributed by atoms with van der Waals surface area (Å²) in [4.78, 5) is 29.2. The second-order valence-electron chi connectivity index (χ2n) is 10.9. The van der Waals surface area contributed by atoms with E-state index in [-0.39, 0.29) is 34.7 Å². The highest BCUT2D eigenvalue weighted by Gasteiger charge is 2.35. The first-order valence-electron chi connectivity index (χ1n) is 14.3. The lowest BCUT2D eigenvalue weighted by atomic mass is 10.1. The average Bonchev–Trinajstić information content (AvgIpc) is 2.99. The molecule has 1 atom stereocenters. The Morgan fingerprint density at radius 3 is 2.02 bits per heavy atom. The van der Waals surface area contributed by atoms with E-state index in [4.69, 9.17) is 9.47 Å². The number of hydrogen-bond donors (Lipinski definition) is 1. The van der Waals surface area contributed by atoms with Gasteiger partial charge in [-0.1, -0.05) is 68.3 Å². The van der Waals surface area contributed by atoms with Crippen molar-refractivity contribution in [3.63, 3.8) is 0 Å². The Labute approximate surface area is 255 Å². The number of amides is 2. The fraction of sp³-hybridized carbons (Fsp3) is 0.394. The molecule has 0 aliphatic heterocycles. The van der Waals surface area contributed by atoms with E-state index in [2.05, 4.69) is 5.32 Å². The van der Waals surface area contributed by atoms with Crippen molar-refractivity contribution in [2.75, 3.05) is 31.6 Å². The van der Waals surface area contributed by atoms with Crippen LogP contribution in [0.5, 0.6) is 11.5 Å². The summed E-state index contributed by atoms with van der Waals surface area (Å²) in [6, 6.07) is 18.0. The molecule has 0 aliphatic carbocycles. The fourth-order valence-electron chi connectivity index (χ4n) is 4.57. The lowest BCUT2D eigenvalue weighted by Gasteiger charge is -2.33. The number of carbonyl (C=O) groups excluding carboxylic acids is 2. The maximum Gasteiger partial charge on any atom is 0.264 e. The minimum atomic E-state index is -4.26. The van der Waals surface area contributed by atoms with Gasteiger partial charge in [-0.15, -0.1) is 0 Å². The van der Waals surface area contributed by atoms with E-state index in [1.54, 1.807) is 24.3 Å². The fourth-order valence-corrected chi connectivity index (χ4v) is 5.99. The van der Waals surface area contributed by atoms with Crippen LogP contribution in [-0.2, 0) is 26.2 Å². The van der Waals surface area contributed by atoms with Gasteiger partial charge in [0.25, 0.3) is 10.0 Å². The predicted molar refractivity (Wildman–Crippen MR) is 169 cm³/mol. The Morgan fingerprint density at radius 1 is 0.884 bits per heavy atom. The molecule has 0 spiro atoms. The number of ether oxygens (including phenoxy) is 2. The number of methoxy groups -OCH3 is 2. The molecular weight excluding hydrogens is 566 g/mol. The SMILES string of the molecule is CC[C@H](C(=O)NCC(C)C)N(Cc1ccc(C)cc1)C(=O)CN(c1cc(OC)ccc1OC)S(=O)(=O)c1ccc(C)cc1. The molecule has 0 aromatic heterocycles. The molecule has 10 heteroatoms. The molecule has 3 rings (SSSR count). The number of benzene rings is 3. The second-order valence-corrected chi connectivity index (χ2v) is 12.8. The molecule has 0 unspecified atom stereocenters. The van der Waals surface area contributed by atoms with Crippen molar-refractivity contribution in [1.82, 2.24) is 10.2 Å². The minimum absolute atomic E-state index is 0.0163. The molecule has 0 saturated carbocycles. The Kier molecular flexibility index (Phi) is 11.6. The first-order chi connectivity index (χ1) is 20.4. The third kappa shape index (κ3) is 8.50. The summed E-state index contributed by atoms with van der Waals surface area (Å²) in [6.07, 6.45) is 0.342. The van der Waals surface area contributed by atoms with Gasteiger partial charge in [-0.3, -0.25) is 13.9 Å². The number of nitrogens with one attached hydrogen (secondary N) is 1. The molecule has 2 amide bonds. The van der Waals surface area contributed by atoms with Crippen molar-refractivity contribution < 1.29 is 27.5 Å². The lowest BCUT2D eigenvalue weighted by Crippen LogP contribution is -2.52. The van der Waals surface area contributed by atoms with Crippen LogP contribution in [-0.4, -0.2) is 58.5 Å². The van der Waals surface area contributed by atoms with Crippen molar-refractivity contribution >= 4 is 27.5 Å². The number of hydrogen-bond acceptors (Lipinski definition) is 6. The molecule has 3 aromatic carbocycles. The van der Waals surface area contributed by atoms with Crippen LogP contribution in [0.15, 0.2) is 71.6 Å². The standard InChI is InChI=1S/C33H43N3O6S/c1-8-29(33(38)34-20-23(2)3)35(21-26-13-9-24(4)10-14-26)32(37)22-36(30-19-27(41-6)15-18-31(30)42-7)43(39,40)28-16-11-25(5)12-17-28/h9-19,23,29H,8,20-22H2,1-7H3,(H,34,38)/t29-/m1/s1. The minimum Gasteiger partial charge on any atom is -0.497 e. The number of anilines is 1. The van der Waals surface area contributed by atoms with Crippen molar-refractivity contribution in [3.05, 3.63) is 83.4 Å². The first kappa shape index (κ1) is 33.5. The summed E-state index contributed by atoms with van der Waals surface area (Å²) >= 11 is 0. The molecule has 0 saturated heterocycles. The number of nitrogens with zero attached hydrogens (tertiary/aromatic N) is 2. The summed E-state index contributed by atoms with van der Waals surface area (Å²) in [5.41, 5.74) is 2.91. The highest BCUT2D eigenvalue weighted by atomic mass is 32.2. The summed E-state index contributed by atoms with van der Waals surface area (Å²) in [5.74, 6) is 0.0362. The molecule has 43 heavy (non-hydrogen) atoms. The maximum atomic E-state index is 14.3. The van der Waals surface area contributed by atoms with Crippen molar-refractivity contribution in [1.29, 1.82) is 0 Å². The predicted octanol–water partition coefficient (Wildman–Crippen LogP) is 5.10. The van der Waals surface area contributed by atoms with Crippen molar-refractivity contribution in [2.45, 2.75) is 58.5 Å². The Balaban J connectivity index is 2.13. The number of rotatable bonds is 14. The quantitative estimate of drug-likeness (QED) is 0.273. The van der Waals surface area contributed by atoms with Crippen LogP contribution >= 0.6 is 0 Å². The summed E-state index contributed by atoms with van der Waals surface area (Å²) in [6.45, 7) is 9.66. The molecule has 1 N–H and O–H groups in total. The van der Waals surface area contributed by atoms with E-state index in [0.29, 0.717) is 18.7 Å². The largest absolute Gasteiger partial charge is 0.497 e. The monoisotopic (exact) mass is 609 g/mol. The summed E-state index contributed by atoms with van der Waals surface area (Å²) in [7, 11) is -1.36. The van der Waals surface area contributed by atoms with Crippen LogP contribution in [0.2, 0.25) is 0 Å². The Morgan fingerprint density at radius 2 is 1.49 bits per heavy atom. The number of sulfonamides is 1. The van der Waals surface area contributed by atoms with Gasteiger partial charge in [0.1, 0.15) is 24.1 Å². The molecule has 0 aliphatic rings. The second kappa shape index (κ2) is 14.9. The average molecular weight is 610 g/mol. The molecule has 0 bridgehead atoms. The van der Waals surface area contributed by atoms with Crippen molar-refractivity contribution in [2.24, 2.45) is 5.92 Å². The van der Waals surface area contributed by atoms with Gasteiger partial charge in [0.05, 0.1) is 24.8 Å². The maximum absolute atomic E-state index is 14.3. The first-order valence-corrected chi connectivity index (χ1v) is 15.8. The Hall–Kier alpha value is -4.05. The van der Waals surface area contributed by atoms with E-state index in [0.717, 1.165) is 21.0 Å². The molecule has 0 radical (unpaired) electrons. The van der Waals surface area contributed by atoms with Gasteiger partial charge < -0.3 is 19.7 Å². The van der Waals surface area contributed by atoms with Crippen LogP contribution in [0.4, 0.5) is 5.69 Å². The lowest BCUT2D eigenvalue weighted by molar-refractivity contribution is -0.140. The van der Waals surface area contributed by atoms with Gasteiger partial charge in [-0.25, -0.2) is 8.42 Å². The normalized spacial score (nSPS) is 12.0. The van der Waals surface area contributed by atoms with E-state index in [9.17, 15) is 18.0 Å². The summed E-state index contributed by atoms with van der Waals surface area (Å²) < 4.78 is 40.3. The van der Waals surface area contributed by atoms with Gasteiger partial charge in [-0.2, -0.15) is 0 Å². The highest BCUT2D eigenvalue weighted by molar-refractivity contribution is 7.92. The van der Waals surface area contributed by atoms with Gasteiger partial charge in [0.2, 0.25) is 11.8 Å². The third-order valence-electron chi connectivity index (χ3n) is 7.09. The molecule has 0 heterocycles. The molecule has 9 nitrogen and oxygen atoms in total. The smallest absolute Gasteiger partial charge is 0.264 e. The van der Waals surface area contributed by atoms with E-state index in [1.165, 1.54) is 37.3 Å². The zero-order chi connectivity index (χ0) is 31.7. The highest BCUT2D eigenvalue weighted by Crippen LogP contribution is 2.36. The van der Waals surface area contributed by atoms with E-state index < -0.39 is 28.5 Å². The van der Waals surface area contributed by atoms with Gasteiger partial charge >= 0.3 is 0 Å². The molecule has 3 aromatic rings. The van der Waals surface area contributed by atoms with Gasteiger partial charge in [0.15, 0.2) is 0 Å². The zero-order valence-electron chi connectivity index (χ0n) is 26.1. The van der Waals surface area contributed by atoms with Crippen LogP contribution in [0.25, 0.3) is 0 Å². The van der Waals surface area contributed by atoms with Gasteiger partial charge in [0, 0.05) is 19.2 Å². The third-order valence-corrected chi connectivity index (χ3v) is 8.86. The Bertz CT molecular complexity index is 1490. The summed E-state index contributed by atoms with van der Waals surface area (Å²) in [5, 5.41) is 2.94. The number of carbonyl (C=O) groups is 2. The molecule has 232 valence electrons. The molecular formula is C33H43N3O6S.